The van der Waals surface area contributed by atoms with E-state index in [0.29, 0.717) is 0 Å². The Balaban J connectivity index is 1.64. The topological polar surface area (TPSA) is 66.4 Å². The average molecular weight is 301 g/mol. The summed E-state index contributed by atoms with van der Waals surface area (Å²) in [7, 11) is 0. The number of allylic oxidation sites excluding steroid dienone is 2. The van der Waals surface area contributed by atoms with Crippen molar-refractivity contribution < 1.29 is 19.1 Å². The fourth-order valence-corrected chi connectivity index (χ4v) is 4.47. The van der Waals surface area contributed by atoms with E-state index in [1.807, 2.05) is 12.2 Å². The first-order chi connectivity index (χ1) is 10.5. The Labute approximate surface area is 127 Å². The van der Waals surface area contributed by atoms with Gasteiger partial charge in [0.25, 0.3) is 0 Å². The minimum absolute atomic E-state index is 0.0275. The number of nitrogens with one attached hydrogen (secondary N) is 1. The quantitative estimate of drug-likeness (QED) is 0.844. The third-order valence-electron chi connectivity index (χ3n) is 5.56. The lowest BCUT2D eigenvalue weighted by molar-refractivity contribution is -0.146. The number of rotatable bonds is 3. The first kappa shape index (κ1) is 13.5. The van der Waals surface area contributed by atoms with Gasteiger partial charge in [0.15, 0.2) is 0 Å². The second-order valence-corrected chi connectivity index (χ2v) is 6.53. The van der Waals surface area contributed by atoms with Crippen LogP contribution in [0.2, 0.25) is 0 Å². The molecule has 1 spiro atoms. The molecule has 0 heterocycles. The van der Waals surface area contributed by atoms with Crippen LogP contribution in [0.25, 0.3) is 0 Å². The van der Waals surface area contributed by atoms with Gasteiger partial charge < -0.3 is 10.4 Å². The maximum Gasteiger partial charge on any atom is 0.307 e. The standard InChI is InChI=1S/C17H16FNO3/c18-11-3-1-2-4-12(11)19-15(20)13-9-5-6-10(14(13)16(21)22)17(9)7-8-17/h1-6,9-10,13-14H,7-8H2,(H,19,20)(H,21,22)/t9-,10-,13+,14-/m1/s1. The van der Waals surface area contributed by atoms with Gasteiger partial charge in [0.1, 0.15) is 5.82 Å². The molecule has 2 N–H and O–H groups in total. The molecular formula is C17H16FNO3. The summed E-state index contributed by atoms with van der Waals surface area (Å²) in [5.41, 5.74) is 0.0774. The van der Waals surface area contributed by atoms with Gasteiger partial charge in [-0.3, -0.25) is 9.59 Å². The first-order valence-electron chi connectivity index (χ1n) is 7.51. The van der Waals surface area contributed by atoms with Crippen LogP contribution in [-0.2, 0) is 9.59 Å². The minimum atomic E-state index is -0.934. The minimum Gasteiger partial charge on any atom is -0.481 e. The molecule has 4 nitrogen and oxygen atoms in total. The number of carbonyl (C=O) groups excluding carboxylic acids is 1. The van der Waals surface area contributed by atoms with Gasteiger partial charge in [-0.25, -0.2) is 4.39 Å². The van der Waals surface area contributed by atoms with Crippen molar-refractivity contribution in [1.82, 2.24) is 0 Å². The first-order valence-corrected chi connectivity index (χ1v) is 7.51. The molecule has 5 heteroatoms. The summed E-state index contributed by atoms with van der Waals surface area (Å²) in [6.07, 6.45) is 5.90. The molecule has 2 fully saturated rings. The third-order valence-corrected chi connectivity index (χ3v) is 5.56. The number of carboxylic acids is 1. The molecule has 0 aromatic heterocycles. The van der Waals surface area contributed by atoms with Crippen LogP contribution in [0, 0.1) is 34.9 Å². The number of benzene rings is 1. The van der Waals surface area contributed by atoms with Crippen molar-refractivity contribution in [2.45, 2.75) is 12.8 Å². The van der Waals surface area contributed by atoms with E-state index >= 15 is 0 Å². The highest BCUT2D eigenvalue weighted by atomic mass is 19.1. The van der Waals surface area contributed by atoms with Crippen LogP contribution in [-0.4, -0.2) is 17.0 Å². The molecular weight excluding hydrogens is 285 g/mol. The maximum atomic E-state index is 13.7. The molecule has 0 unspecified atom stereocenters. The number of halogens is 1. The molecule has 114 valence electrons. The Hall–Kier alpha value is -2.17. The van der Waals surface area contributed by atoms with Crippen LogP contribution < -0.4 is 5.32 Å². The van der Waals surface area contributed by atoms with Crippen LogP contribution in [0.3, 0.4) is 0 Å². The Morgan fingerprint density at radius 1 is 1.14 bits per heavy atom. The zero-order valence-electron chi connectivity index (χ0n) is 11.8. The molecule has 0 radical (unpaired) electrons. The molecule has 1 aromatic rings. The van der Waals surface area contributed by atoms with Gasteiger partial charge in [-0.05, 0) is 42.2 Å². The van der Waals surface area contributed by atoms with Crippen molar-refractivity contribution >= 4 is 17.6 Å². The van der Waals surface area contributed by atoms with Gasteiger partial charge in [-0.2, -0.15) is 0 Å². The lowest BCUT2D eigenvalue weighted by Crippen LogP contribution is -2.36. The molecule has 22 heavy (non-hydrogen) atoms. The predicted octanol–water partition coefficient (Wildman–Crippen LogP) is 2.68. The van der Waals surface area contributed by atoms with E-state index < -0.39 is 23.6 Å². The van der Waals surface area contributed by atoms with Crippen molar-refractivity contribution in [3.8, 4) is 0 Å². The molecule has 2 saturated carbocycles. The van der Waals surface area contributed by atoms with Gasteiger partial charge in [-0.1, -0.05) is 24.3 Å². The molecule has 1 aromatic carbocycles. The van der Waals surface area contributed by atoms with Gasteiger partial charge in [0, 0.05) is 0 Å². The normalized spacial score (nSPS) is 33.1. The number of hydrogen-bond donors (Lipinski definition) is 2. The zero-order valence-corrected chi connectivity index (χ0v) is 11.8. The van der Waals surface area contributed by atoms with Gasteiger partial charge in [-0.15, -0.1) is 0 Å². The van der Waals surface area contributed by atoms with E-state index in [9.17, 15) is 19.1 Å². The number of para-hydroxylation sites is 1. The lowest BCUT2D eigenvalue weighted by atomic mass is 9.82. The van der Waals surface area contributed by atoms with Gasteiger partial charge in [0.05, 0.1) is 17.5 Å². The van der Waals surface area contributed by atoms with Crippen molar-refractivity contribution in [3.05, 3.63) is 42.2 Å². The molecule has 0 aliphatic heterocycles. The molecule has 1 amide bonds. The highest BCUT2D eigenvalue weighted by molar-refractivity contribution is 5.96. The van der Waals surface area contributed by atoms with E-state index in [0.717, 1.165) is 12.8 Å². The molecule has 3 aliphatic rings. The van der Waals surface area contributed by atoms with E-state index in [1.54, 1.807) is 12.1 Å². The summed E-state index contributed by atoms with van der Waals surface area (Å²) in [5, 5.41) is 12.1. The zero-order chi connectivity index (χ0) is 15.5. The summed E-state index contributed by atoms with van der Waals surface area (Å²) in [6.45, 7) is 0. The van der Waals surface area contributed by atoms with Crippen LogP contribution >= 0.6 is 0 Å². The van der Waals surface area contributed by atoms with E-state index in [4.69, 9.17) is 0 Å². The summed E-state index contributed by atoms with van der Waals surface area (Å²) in [6, 6.07) is 5.94. The predicted molar refractivity (Wildman–Crippen MR) is 77.4 cm³/mol. The summed E-state index contributed by atoms with van der Waals surface area (Å²) in [4.78, 5) is 24.3. The second-order valence-electron chi connectivity index (χ2n) is 6.53. The summed E-state index contributed by atoms with van der Waals surface area (Å²) >= 11 is 0. The van der Waals surface area contributed by atoms with Crippen molar-refractivity contribution in [2.24, 2.45) is 29.1 Å². The fourth-order valence-electron chi connectivity index (χ4n) is 4.47. The van der Waals surface area contributed by atoms with Crippen LogP contribution in [0.4, 0.5) is 10.1 Å². The molecule has 0 saturated heterocycles. The molecule has 2 bridgehead atoms. The SMILES string of the molecule is O=C(Nc1ccccc1F)[C@@H]1[C@H](C(=O)O)[C@H]2C=C[C@H]1C21CC1. The van der Waals surface area contributed by atoms with Gasteiger partial charge >= 0.3 is 5.97 Å². The van der Waals surface area contributed by atoms with Crippen LogP contribution in [0.5, 0.6) is 0 Å². The molecule has 4 atom stereocenters. The average Bonchev–Trinajstić information content (AvgIpc) is 3.15. The summed E-state index contributed by atoms with van der Waals surface area (Å²) in [5.74, 6) is -3.25. The fraction of sp³-hybridized carbons (Fsp3) is 0.412. The monoisotopic (exact) mass is 301 g/mol. The number of carboxylic acid groups (broad SMARTS) is 1. The highest BCUT2D eigenvalue weighted by Crippen LogP contribution is 2.72. The van der Waals surface area contributed by atoms with E-state index in [-0.39, 0.29) is 28.8 Å². The molecule has 3 aliphatic carbocycles. The van der Waals surface area contributed by atoms with Crippen molar-refractivity contribution in [2.75, 3.05) is 5.32 Å². The Bertz CT molecular complexity index is 695. The second kappa shape index (κ2) is 4.41. The third kappa shape index (κ3) is 1.68. The highest BCUT2D eigenvalue weighted by Gasteiger charge is 2.70. The Kier molecular flexibility index (Phi) is 2.71. The van der Waals surface area contributed by atoms with Gasteiger partial charge in [0.2, 0.25) is 5.91 Å². The van der Waals surface area contributed by atoms with Crippen LogP contribution in [0.1, 0.15) is 12.8 Å². The smallest absolute Gasteiger partial charge is 0.307 e. The Morgan fingerprint density at radius 3 is 2.36 bits per heavy atom. The van der Waals surface area contributed by atoms with E-state index in [2.05, 4.69) is 5.32 Å². The van der Waals surface area contributed by atoms with Crippen LogP contribution in [0.15, 0.2) is 36.4 Å². The van der Waals surface area contributed by atoms with E-state index in [1.165, 1.54) is 12.1 Å². The molecule has 4 rings (SSSR count). The maximum absolute atomic E-state index is 13.7. The summed E-state index contributed by atoms with van der Waals surface area (Å²) < 4.78 is 13.7. The Morgan fingerprint density at radius 2 is 1.77 bits per heavy atom. The lowest BCUT2D eigenvalue weighted by Gasteiger charge is -2.23. The largest absolute Gasteiger partial charge is 0.481 e. The number of aliphatic carboxylic acids is 1. The number of anilines is 1. The van der Waals surface area contributed by atoms with Crippen molar-refractivity contribution in [1.29, 1.82) is 0 Å². The number of carbonyl (C=O) groups is 2. The van der Waals surface area contributed by atoms with Crippen molar-refractivity contribution in [3.63, 3.8) is 0 Å². The number of hydrogen-bond acceptors (Lipinski definition) is 2. The number of amides is 1.